The van der Waals surface area contributed by atoms with Gasteiger partial charge in [-0.1, -0.05) is 33.3 Å². The Labute approximate surface area is 187 Å². The summed E-state index contributed by atoms with van der Waals surface area (Å²) in [6, 6.07) is 0. The lowest BCUT2D eigenvalue weighted by atomic mass is 9.46. The van der Waals surface area contributed by atoms with Gasteiger partial charge in [-0.15, -0.1) is 0 Å². The van der Waals surface area contributed by atoms with Crippen molar-refractivity contribution in [2.75, 3.05) is 6.61 Å². The van der Waals surface area contributed by atoms with Gasteiger partial charge in [0.1, 0.15) is 12.8 Å². The lowest BCUT2D eigenvalue weighted by molar-refractivity contribution is -0.202. The molecule has 7 heteroatoms. The summed E-state index contributed by atoms with van der Waals surface area (Å²) in [6.07, 6.45) is 3.97. The highest BCUT2D eigenvalue weighted by atomic mass is 19.1. The first-order chi connectivity index (χ1) is 15.1. The van der Waals surface area contributed by atoms with E-state index in [1.54, 1.807) is 6.08 Å². The highest BCUT2D eigenvalue weighted by Crippen LogP contribution is 2.69. The van der Waals surface area contributed by atoms with Gasteiger partial charge in [-0.25, -0.2) is 4.39 Å². The molecule has 176 valence electrons. The van der Waals surface area contributed by atoms with Crippen molar-refractivity contribution in [3.63, 3.8) is 0 Å². The molecule has 0 bridgehead atoms. The average molecular weight is 449 g/mol. The number of aliphatic hydroxyl groups is 2. The number of halogens is 1. The molecule has 10 atom stereocenters. The Hall–Kier alpha value is -1.41. The zero-order valence-electron chi connectivity index (χ0n) is 18.9. The largest absolute Gasteiger partial charge is 0.393 e. The van der Waals surface area contributed by atoms with Gasteiger partial charge in [0, 0.05) is 16.7 Å². The SMILES string of the molecule is CCC[C@@H]1O[C@@H]2C[C@H]3[C@@H]4C[C@H](F)C5=CC(=O)C=C[C@]5(C)[C@H]4[C@@H](O)C[C@]3(C)[C@]2(C(=O)CO)O1. The maximum Gasteiger partial charge on any atom is 0.193 e. The van der Waals surface area contributed by atoms with E-state index < -0.39 is 53.5 Å². The predicted octanol–water partition coefficient (Wildman–Crippen LogP) is 2.66. The minimum absolute atomic E-state index is 0.110. The molecule has 0 spiro atoms. The second kappa shape index (κ2) is 7.29. The van der Waals surface area contributed by atoms with Crippen LogP contribution in [0.15, 0.2) is 23.8 Å². The zero-order valence-corrected chi connectivity index (χ0v) is 18.9. The van der Waals surface area contributed by atoms with E-state index in [1.807, 2.05) is 20.8 Å². The zero-order chi connectivity index (χ0) is 23.1. The van der Waals surface area contributed by atoms with Crippen molar-refractivity contribution in [3.05, 3.63) is 23.8 Å². The van der Waals surface area contributed by atoms with E-state index in [4.69, 9.17) is 9.47 Å². The van der Waals surface area contributed by atoms with Crippen LogP contribution in [0.25, 0.3) is 0 Å². The first kappa shape index (κ1) is 22.4. The summed E-state index contributed by atoms with van der Waals surface area (Å²) in [7, 11) is 0. The summed E-state index contributed by atoms with van der Waals surface area (Å²) < 4.78 is 28.0. The van der Waals surface area contributed by atoms with Crippen LogP contribution in [-0.2, 0) is 19.1 Å². The second-order valence-corrected chi connectivity index (χ2v) is 10.8. The highest BCUT2D eigenvalue weighted by molar-refractivity contribution is 6.01. The molecule has 0 amide bonds. The van der Waals surface area contributed by atoms with Gasteiger partial charge >= 0.3 is 0 Å². The molecule has 32 heavy (non-hydrogen) atoms. The van der Waals surface area contributed by atoms with Gasteiger partial charge in [0.05, 0.1) is 12.2 Å². The van der Waals surface area contributed by atoms with Crippen LogP contribution in [0.3, 0.4) is 0 Å². The summed E-state index contributed by atoms with van der Waals surface area (Å²) in [5.41, 5.74) is -2.43. The fourth-order valence-corrected chi connectivity index (χ4v) is 8.13. The van der Waals surface area contributed by atoms with Crippen molar-refractivity contribution in [3.8, 4) is 0 Å². The number of alkyl halides is 1. The Morgan fingerprint density at radius 2 is 2.06 bits per heavy atom. The molecule has 2 N–H and O–H groups in total. The molecular weight excluding hydrogens is 415 g/mol. The van der Waals surface area contributed by atoms with Crippen LogP contribution in [0.1, 0.15) is 52.9 Å². The van der Waals surface area contributed by atoms with E-state index in [-0.39, 0.29) is 30.0 Å². The maximum atomic E-state index is 15.5. The van der Waals surface area contributed by atoms with Gasteiger partial charge in [-0.2, -0.15) is 0 Å². The number of hydrogen-bond acceptors (Lipinski definition) is 6. The molecule has 5 aliphatic rings. The maximum absolute atomic E-state index is 15.5. The number of aliphatic hydroxyl groups excluding tert-OH is 2. The number of ether oxygens (including phenoxy) is 2. The molecule has 0 radical (unpaired) electrons. The number of hydrogen-bond donors (Lipinski definition) is 2. The third-order valence-corrected chi connectivity index (χ3v) is 9.35. The number of rotatable bonds is 4. The summed E-state index contributed by atoms with van der Waals surface area (Å²) in [5.74, 6) is -1.22. The monoisotopic (exact) mass is 448 g/mol. The smallest absolute Gasteiger partial charge is 0.193 e. The van der Waals surface area contributed by atoms with E-state index in [0.29, 0.717) is 24.8 Å². The Kier molecular flexibility index (Phi) is 5.10. The molecule has 6 nitrogen and oxygen atoms in total. The minimum Gasteiger partial charge on any atom is -0.393 e. The third-order valence-electron chi connectivity index (χ3n) is 9.35. The molecule has 4 aliphatic carbocycles. The molecule has 1 aliphatic heterocycles. The Morgan fingerprint density at radius 3 is 2.75 bits per heavy atom. The number of allylic oxidation sites excluding steroid dienone is 4. The normalized spacial score (nSPS) is 51.5. The van der Waals surface area contributed by atoms with Crippen molar-refractivity contribution in [1.29, 1.82) is 0 Å². The summed E-state index contributed by atoms with van der Waals surface area (Å²) >= 11 is 0. The standard InChI is InChI=1S/C25H33FO6/c1-4-5-21-31-20-10-15-14-9-17(26)16-8-13(28)6-7-23(16,2)22(14)18(29)11-24(15,3)25(20,32-21)19(30)12-27/h6-8,14-15,17-18,20-22,27,29H,4-5,9-12H2,1-3H3/t14-,15-,17-,18-,20+,21+,22+,23-,24-,25+/m0/s1. The number of fused-ring (bicyclic) bond motifs is 7. The first-order valence-corrected chi connectivity index (χ1v) is 11.9. The minimum atomic E-state index is -1.33. The van der Waals surface area contributed by atoms with E-state index >= 15 is 4.39 Å². The van der Waals surface area contributed by atoms with E-state index in [9.17, 15) is 19.8 Å². The number of carbonyl (C=O) groups is 2. The van der Waals surface area contributed by atoms with Gasteiger partial charge in [-0.3, -0.25) is 9.59 Å². The Morgan fingerprint density at radius 1 is 1.31 bits per heavy atom. The molecule has 0 aromatic heterocycles. The van der Waals surface area contributed by atoms with Gasteiger partial charge < -0.3 is 19.7 Å². The van der Waals surface area contributed by atoms with Gasteiger partial charge in [0.15, 0.2) is 23.5 Å². The van der Waals surface area contributed by atoms with Crippen LogP contribution in [0.5, 0.6) is 0 Å². The third kappa shape index (κ3) is 2.65. The van der Waals surface area contributed by atoms with Crippen LogP contribution in [-0.4, -0.2) is 58.7 Å². The van der Waals surface area contributed by atoms with Crippen molar-refractivity contribution in [2.24, 2.45) is 28.6 Å². The van der Waals surface area contributed by atoms with Crippen LogP contribution in [0, 0.1) is 28.6 Å². The van der Waals surface area contributed by atoms with Crippen LogP contribution in [0.2, 0.25) is 0 Å². The van der Waals surface area contributed by atoms with Gasteiger partial charge in [0.25, 0.3) is 0 Å². The van der Waals surface area contributed by atoms with Crippen molar-refractivity contribution >= 4 is 11.6 Å². The molecule has 0 unspecified atom stereocenters. The average Bonchev–Trinajstić information content (AvgIpc) is 3.21. The first-order valence-electron chi connectivity index (χ1n) is 11.9. The van der Waals surface area contributed by atoms with Crippen molar-refractivity contribution < 1.29 is 33.7 Å². The highest BCUT2D eigenvalue weighted by Gasteiger charge is 2.76. The molecule has 3 saturated carbocycles. The lowest BCUT2D eigenvalue weighted by Crippen LogP contribution is -2.64. The lowest BCUT2D eigenvalue weighted by Gasteiger charge is -2.60. The van der Waals surface area contributed by atoms with E-state index in [2.05, 4.69) is 0 Å². The van der Waals surface area contributed by atoms with E-state index in [1.165, 1.54) is 12.2 Å². The summed E-state index contributed by atoms with van der Waals surface area (Å²) in [6.45, 7) is 5.21. The fraction of sp³-hybridized carbons (Fsp3) is 0.760. The topological polar surface area (TPSA) is 93.1 Å². The molecule has 5 rings (SSSR count). The van der Waals surface area contributed by atoms with Crippen molar-refractivity contribution in [1.82, 2.24) is 0 Å². The summed E-state index contributed by atoms with van der Waals surface area (Å²) in [5, 5.41) is 21.4. The molecule has 0 aromatic carbocycles. The molecule has 1 saturated heterocycles. The van der Waals surface area contributed by atoms with E-state index in [0.717, 1.165) is 6.42 Å². The van der Waals surface area contributed by atoms with Crippen LogP contribution >= 0.6 is 0 Å². The quantitative estimate of drug-likeness (QED) is 0.687. The van der Waals surface area contributed by atoms with Gasteiger partial charge in [-0.05, 0) is 55.2 Å². The molecular formula is C25H33FO6. The Bertz CT molecular complexity index is 899. The molecule has 1 heterocycles. The predicted molar refractivity (Wildman–Crippen MR) is 113 cm³/mol. The van der Waals surface area contributed by atoms with Gasteiger partial charge in [0.2, 0.25) is 0 Å². The number of Topliss-reactive ketones (excluding diaryl/α,β-unsaturated/α-hetero) is 1. The second-order valence-electron chi connectivity index (χ2n) is 10.8. The van der Waals surface area contributed by atoms with Crippen LogP contribution in [0.4, 0.5) is 4.39 Å². The number of carbonyl (C=O) groups excluding carboxylic acids is 2. The fourth-order valence-electron chi connectivity index (χ4n) is 8.13. The van der Waals surface area contributed by atoms with Crippen molar-refractivity contribution in [2.45, 2.75) is 83.1 Å². The molecule has 4 fully saturated rings. The molecule has 0 aromatic rings. The summed E-state index contributed by atoms with van der Waals surface area (Å²) in [4.78, 5) is 25.2. The Balaban J connectivity index is 1.58. The number of ketones is 2. The van der Waals surface area contributed by atoms with Crippen LogP contribution < -0.4 is 0 Å².